The molecule has 4 aromatic heterocycles. The molecule has 64 heavy (non-hydrogen) atoms. The first-order valence-corrected chi connectivity index (χ1v) is 21.6. The van der Waals surface area contributed by atoms with E-state index in [1.807, 2.05) is 142 Å². The zero-order chi connectivity index (χ0) is 44.2. The number of hydrogen-bond acceptors (Lipinski definition) is 10. The predicted molar refractivity (Wildman–Crippen MR) is 251 cm³/mol. The summed E-state index contributed by atoms with van der Waals surface area (Å²) in [7, 11) is 3.35. The number of aryl methyl sites for hydroxylation is 4. The third-order valence-corrected chi connectivity index (χ3v) is 11.8. The number of ether oxygens (including phenoxy) is 2. The van der Waals surface area contributed by atoms with Crippen LogP contribution in [0.15, 0.2) is 110 Å². The van der Waals surface area contributed by atoms with E-state index in [1.54, 1.807) is 26.9 Å². The quantitative estimate of drug-likeness (QED) is 0.127. The van der Waals surface area contributed by atoms with E-state index < -0.39 is 0 Å². The number of hydrogen-bond donors (Lipinski definition) is 2. The molecule has 10 rings (SSSR count). The highest BCUT2D eigenvalue weighted by atomic mass is 16.5. The lowest BCUT2D eigenvalue weighted by Gasteiger charge is -2.23. The minimum absolute atomic E-state index is 0.178. The van der Waals surface area contributed by atoms with E-state index in [9.17, 15) is 0 Å². The molecule has 0 unspecified atom stereocenters. The maximum absolute atomic E-state index is 6.24. The van der Waals surface area contributed by atoms with Crippen molar-refractivity contribution in [2.75, 3.05) is 25.7 Å². The number of nitrogens with two attached hydrogens (primary N) is 2. The van der Waals surface area contributed by atoms with Crippen LogP contribution < -0.4 is 20.9 Å². The number of methoxy groups -OCH3 is 2. The van der Waals surface area contributed by atoms with Gasteiger partial charge in [-0.05, 0) is 110 Å². The molecule has 2 aliphatic rings. The second kappa shape index (κ2) is 18.3. The van der Waals surface area contributed by atoms with Gasteiger partial charge >= 0.3 is 0 Å². The predicted octanol–water partition coefficient (Wildman–Crippen LogP) is 8.92. The topological polar surface area (TPSA) is 168 Å². The smallest absolute Gasteiger partial charge is 0.174 e. The number of aromatic nitrogens is 10. The molecule has 0 radical (unpaired) electrons. The van der Waals surface area contributed by atoms with Crippen molar-refractivity contribution >= 4 is 35.7 Å². The number of rotatable bonds is 10. The van der Waals surface area contributed by atoms with Crippen LogP contribution >= 0.6 is 0 Å². The molecule has 0 fully saturated rings. The van der Waals surface area contributed by atoms with Crippen LogP contribution in [0.3, 0.4) is 0 Å². The molecular weight excluding hydrogens is 801 g/mol. The molecule has 0 bridgehead atoms. The van der Waals surface area contributed by atoms with Crippen molar-refractivity contribution in [3.63, 3.8) is 0 Å². The van der Waals surface area contributed by atoms with Crippen molar-refractivity contribution in [1.82, 2.24) is 48.6 Å². The minimum atomic E-state index is 0.178. The molecule has 0 amide bonds. The molecule has 324 valence electrons. The Morgan fingerprint density at radius 2 is 1.02 bits per heavy atom. The van der Waals surface area contributed by atoms with Gasteiger partial charge in [-0.1, -0.05) is 60.7 Å². The summed E-state index contributed by atoms with van der Waals surface area (Å²) in [5, 5.41) is 9.43. The molecule has 2 aliphatic heterocycles. The monoisotopic (exact) mass is 852 g/mol. The summed E-state index contributed by atoms with van der Waals surface area (Å²) in [4.78, 5) is 18.3. The van der Waals surface area contributed by atoms with Crippen LogP contribution in [0.2, 0.25) is 0 Å². The van der Waals surface area contributed by atoms with E-state index in [2.05, 4.69) is 22.1 Å². The SMILES string of the molecule is COc1cc(/C=C/c2nc3n(n2)CCC[C@@H]3c2ccccc2N)ccc1-n1cnc(C)c1.COc1cc(/C=C/c2nc3n(n2)CCC[C@H]3c2ccccc2N)ccc1-n1cnc(C)c1. The van der Waals surface area contributed by atoms with Gasteiger partial charge in [0.05, 0.1) is 49.6 Å². The van der Waals surface area contributed by atoms with Gasteiger partial charge in [-0.2, -0.15) is 10.2 Å². The van der Waals surface area contributed by atoms with Gasteiger partial charge in [-0.25, -0.2) is 29.3 Å². The first kappa shape index (κ1) is 41.6. The van der Waals surface area contributed by atoms with E-state index >= 15 is 0 Å². The molecule has 0 saturated heterocycles. The zero-order valence-corrected chi connectivity index (χ0v) is 36.5. The number of nitrogen functional groups attached to an aromatic ring is 2. The van der Waals surface area contributed by atoms with E-state index in [1.165, 1.54) is 0 Å². The van der Waals surface area contributed by atoms with Crippen LogP contribution in [-0.2, 0) is 13.1 Å². The molecule has 14 nitrogen and oxygen atoms in total. The Morgan fingerprint density at radius 3 is 1.41 bits per heavy atom. The van der Waals surface area contributed by atoms with Crippen molar-refractivity contribution in [2.24, 2.45) is 0 Å². The fourth-order valence-electron chi connectivity index (χ4n) is 8.59. The summed E-state index contributed by atoms with van der Waals surface area (Å²) in [5.41, 5.74) is 22.2. The van der Waals surface area contributed by atoms with Crippen LogP contribution in [0.5, 0.6) is 11.5 Å². The molecule has 6 heterocycles. The Balaban J connectivity index is 0.000000162. The first-order valence-electron chi connectivity index (χ1n) is 21.6. The van der Waals surface area contributed by atoms with Crippen LogP contribution in [-0.4, -0.2) is 62.9 Å². The Bertz CT molecular complexity index is 2770. The van der Waals surface area contributed by atoms with Crippen molar-refractivity contribution in [1.29, 1.82) is 0 Å². The van der Waals surface area contributed by atoms with Crippen LogP contribution in [0.1, 0.15) is 94.5 Å². The molecule has 2 atom stereocenters. The number of fused-ring (bicyclic) bond motifs is 2. The van der Waals surface area contributed by atoms with E-state index in [0.717, 1.165) is 118 Å². The Kier molecular flexibility index (Phi) is 11.9. The fourth-order valence-corrected chi connectivity index (χ4v) is 8.59. The van der Waals surface area contributed by atoms with Crippen molar-refractivity contribution in [3.05, 3.63) is 167 Å². The van der Waals surface area contributed by atoms with Crippen molar-refractivity contribution in [3.8, 4) is 22.9 Å². The van der Waals surface area contributed by atoms with Gasteiger partial charge in [0.2, 0.25) is 0 Å². The molecule has 0 saturated carbocycles. The largest absolute Gasteiger partial charge is 0.495 e. The maximum atomic E-state index is 6.24. The highest BCUT2D eigenvalue weighted by Gasteiger charge is 2.28. The number of imidazole rings is 2. The maximum Gasteiger partial charge on any atom is 0.174 e. The van der Waals surface area contributed by atoms with Gasteiger partial charge < -0.3 is 30.1 Å². The number of para-hydroxylation sites is 2. The standard InChI is InChI=1S/2C25H26N6O/c2*1-17-15-30(16-27-17)22-11-9-18(14-23(22)32-2)10-12-24-28-25-20(7-5-13-31(25)29-24)19-6-3-4-8-21(19)26/h2*3-4,6,8-12,14-16,20H,5,7,13,26H2,1-2H3/b2*12-10+/t2*20-/m10/s1. The van der Waals surface area contributed by atoms with Crippen molar-refractivity contribution in [2.45, 2.75) is 64.5 Å². The summed E-state index contributed by atoms with van der Waals surface area (Å²) in [6.45, 7) is 5.70. The van der Waals surface area contributed by atoms with Gasteiger partial charge in [0, 0.05) is 48.7 Å². The average molecular weight is 853 g/mol. The number of nitrogens with zero attached hydrogens (tertiary/aromatic N) is 10. The van der Waals surface area contributed by atoms with Gasteiger partial charge in [0.25, 0.3) is 0 Å². The summed E-state index contributed by atoms with van der Waals surface area (Å²) in [6.07, 6.45) is 19.6. The van der Waals surface area contributed by atoms with Gasteiger partial charge in [-0.3, -0.25) is 0 Å². The summed E-state index contributed by atoms with van der Waals surface area (Å²) in [5.74, 6) is 5.29. The molecule has 0 aliphatic carbocycles. The second-order valence-corrected chi connectivity index (χ2v) is 16.1. The normalized spacial score (nSPS) is 15.8. The highest BCUT2D eigenvalue weighted by molar-refractivity contribution is 5.70. The van der Waals surface area contributed by atoms with Crippen LogP contribution in [0.25, 0.3) is 35.7 Å². The zero-order valence-electron chi connectivity index (χ0n) is 36.5. The van der Waals surface area contributed by atoms with Gasteiger partial charge in [0.1, 0.15) is 23.1 Å². The third kappa shape index (κ3) is 8.80. The van der Waals surface area contributed by atoms with Gasteiger partial charge in [-0.15, -0.1) is 0 Å². The molecule has 8 aromatic rings. The lowest BCUT2D eigenvalue weighted by atomic mass is 9.90. The lowest BCUT2D eigenvalue weighted by Crippen LogP contribution is -2.18. The molecular formula is C50H52N12O2. The first-order chi connectivity index (χ1) is 31.2. The fraction of sp³-hybridized carbons (Fsp3) is 0.240. The average Bonchev–Trinajstić information content (AvgIpc) is 4.14. The van der Waals surface area contributed by atoms with Crippen LogP contribution in [0, 0.1) is 13.8 Å². The highest BCUT2D eigenvalue weighted by Crippen LogP contribution is 2.37. The molecule has 4 N–H and O–H groups in total. The lowest BCUT2D eigenvalue weighted by molar-refractivity contribution is 0.412. The molecule has 4 aromatic carbocycles. The van der Waals surface area contributed by atoms with E-state index in [-0.39, 0.29) is 11.8 Å². The van der Waals surface area contributed by atoms with Crippen LogP contribution in [0.4, 0.5) is 11.4 Å². The number of anilines is 2. The van der Waals surface area contributed by atoms with E-state index in [4.69, 9.17) is 41.1 Å². The Hall–Kier alpha value is -7.74. The van der Waals surface area contributed by atoms with Gasteiger partial charge in [0.15, 0.2) is 11.6 Å². The summed E-state index contributed by atoms with van der Waals surface area (Å²) < 4.78 is 19.2. The van der Waals surface area contributed by atoms with E-state index in [0.29, 0.717) is 11.6 Å². The number of benzene rings is 4. The summed E-state index contributed by atoms with van der Waals surface area (Å²) in [6, 6.07) is 28.2. The Labute approximate surface area is 372 Å². The Morgan fingerprint density at radius 1 is 0.578 bits per heavy atom. The minimum Gasteiger partial charge on any atom is -0.495 e. The molecule has 14 heteroatoms. The van der Waals surface area contributed by atoms with Crippen molar-refractivity contribution < 1.29 is 9.47 Å². The molecule has 0 spiro atoms. The third-order valence-electron chi connectivity index (χ3n) is 11.8. The summed E-state index contributed by atoms with van der Waals surface area (Å²) >= 11 is 0. The second-order valence-electron chi connectivity index (χ2n) is 16.1.